The van der Waals surface area contributed by atoms with Gasteiger partial charge in [0.05, 0.1) is 17.6 Å². The summed E-state index contributed by atoms with van der Waals surface area (Å²) in [6.45, 7) is 1.85. The van der Waals surface area contributed by atoms with Gasteiger partial charge >= 0.3 is 5.97 Å². The number of fused-ring (bicyclic) bond motifs is 1. The second-order valence-electron chi connectivity index (χ2n) is 5.34. The molecule has 0 aromatic carbocycles. The predicted octanol–water partition coefficient (Wildman–Crippen LogP) is 3.87. The zero-order valence-corrected chi connectivity index (χ0v) is 14.7. The Morgan fingerprint density at radius 2 is 2.08 bits per heavy atom. The van der Waals surface area contributed by atoms with Gasteiger partial charge in [-0.15, -0.1) is 0 Å². The minimum Gasteiger partial charge on any atom is -0.462 e. The van der Waals surface area contributed by atoms with Crippen LogP contribution in [0.5, 0.6) is 0 Å². The summed E-state index contributed by atoms with van der Waals surface area (Å²) in [5.74, 6) is -0.693. The maximum absolute atomic E-state index is 12.7. The zero-order chi connectivity index (χ0) is 18.5. The van der Waals surface area contributed by atoms with Crippen molar-refractivity contribution in [2.45, 2.75) is 6.92 Å². The molecule has 0 aliphatic carbocycles. The van der Waals surface area contributed by atoms with Gasteiger partial charge in [-0.1, -0.05) is 17.7 Å². The lowest BCUT2D eigenvalue weighted by molar-refractivity contribution is 0.0525. The van der Waals surface area contributed by atoms with E-state index in [0.717, 1.165) is 0 Å². The number of hydrogen-bond acceptors (Lipinski definition) is 4. The van der Waals surface area contributed by atoms with Crippen LogP contribution in [0.3, 0.4) is 0 Å². The van der Waals surface area contributed by atoms with Gasteiger partial charge in [0.25, 0.3) is 5.56 Å². The largest absolute Gasteiger partial charge is 0.462 e. The Bertz CT molecular complexity index is 1060. The molecule has 0 atom stereocenters. The van der Waals surface area contributed by atoms with Gasteiger partial charge in [0.2, 0.25) is 0 Å². The number of carbonyl (C=O) groups excluding carboxylic acids is 1. The molecule has 0 fully saturated rings. The summed E-state index contributed by atoms with van der Waals surface area (Å²) in [6, 6.07) is 10.3. The molecule has 0 aliphatic rings. The van der Waals surface area contributed by atoms with Crippen LogP contribution in [0.2, 0.25) is 5.02 Å². The van der Waals surface area contributed by atoms with Crippen molar-refractivity contribution in [3.8, 4) is 11.1 Å². The van der Waals surface area contributed by atoms with Gasteiger partial charge in [-0.2, -0.15) is 0 Å². The molecule has 132 valence electrons. The second kappa shape index (κ2) is 7.84. The summed E-state index contributed by atoms with van der Waals surface area (Å²) in [5.41, 5.74) is 1.45. The summed E-state index contributed by atoms with van der Waals surface area (Å²) in [4.78, 5) is 35.1. The molecule has 0 saturated heterocycles. The van der Waals surface area contributed by atoms with Crippen LogP contribution in [-0.2, 0) is 4.74 Å². The van der Waals surface area contributed by atoms with E-state index in [4.69, 9.17) is 16.3 Å². The first-order valence-corrected chi connectivity index (χ1v) is 8.34. The molecule has 0 saturated carbocycles. The first-order chi connectivity index (χ1) is 12.6. The van der Waals surface area contributed by atoms with E-state index in [9.17, 15) is 9.59 Å². The molecule has 0 radical (unpaired) electrons. The number of pyridine rings is 2. The smallest absolute Gasteiger partial charge is 0.344 e. The van der Waals surface area contributed by atoms with Gasteiger partial charge in [0.15, 0.2) is 0 Å². The highest BCUT2D eigenvalue weighted by Gasteiger charge is 2.21. The molecule has 3 rings (SSSR count). The van der Waals surface area contributed by atoms with Gasteiger partial charge in [0, 0.05) is 34.7 Å². The van der Waals surface area contributed by atoms with Gasteiger partial charge in [-0.25, -0.2) is 4.79 Å². The molecule has 0 aliphatic heterocycles. The fraction of sp³-hybridized carbons (Fsp3) is 0.105. The fourth-order valence-corrected chi connectivity index (χ4v) is 2.72. The minimum atomic E-state index is -0.693. The van der Waals surface area contributed by atoms with Gasteiger partial charge in [0.1, 0.15) is 5.56 Å². The standard InChI is InChI=1S/C19H16ClN3O3/c1-2-26-19(25)16-15(12-5-3-9-21-11-12)17-14(23-18(16)24)8-7-13(20)6-4-10-22-17/h3-11,22H,2H2,1H3,(H,23,24). The monoisotopic (exact) mass is 369 g/mol. The molecule has 7 heteroatoms. The van der Waals surface area contributed by atoms with E-state index < -0.39 is 11.5 Å². The van der Waals surface area contributed by atoms with Crippen LogP contribution in [-0.4, -0.2) is 27.5 Å². The molecule has 3 aromatic heterocycles. The number of rotatable bonds is 3. The second-order valence-corrected chi connectivity index (χ2v) is 5.78. The SMILES string of the molecule is CCOC(=O)c1c(-c2cccnc2)c2[nH]cccc(Cl)ccc2[nH]c1=O. The topological polar surface area (TPSA) is 87.8 Å². The van der Waals surface area contributed by atoms with Crippen molar-refractivity contribution in [3.63, 3.8) is 0 Å². The number of halogens is 1. The van der Waals surface area contributed by atoms with Crippen molar-refractivity contribution in [2.24, 2.45) is 0 Å². The third kappa shape index (κ3) is 3.60. The van der Waals surface area contributed by atoms with Crippen LogP contribution >= 0.6 is 11.6 Å². The minimum absolute atomic E-state index is 0.0776. The van der Waals surface area contributed by atoms with Crippen molar-refractivity contribution >= 4 is 28.6 Å². The quantitative estimate of drug-likeness (QED) is 0.686. The Balaban J connectivity index is 2.50. The normalized spacial score (nSPS) is 10.4. The number of carbonyl (C=O) groups is 1. The zero-order valence-electron chi connectivity index (χ0n) is 14.0. The van der Waals surface area contributed by atoms with Crippen molar-refractivity contribution in [1.29, 1.82) is 0 Å². The van der Waals surface area contributed by atoms with E-state index in [0.29, 0.717) is 27.2 Å². The highest BCUT2D eigenvalue weighted by Crippen LogP contribution is 2.27. The van der Waals surface area contributed by atoms with Crippen molar-refractivity contribution < 1.29 is 9.53 Å². The first kappa shape index (κ1) is 17.7. The maximum atomic E-state index is 12.7. The van der Waals surface area contributed by atoms with E-state index in [1.54, 1.807) is 61.9 Å². The van der Waals surface area contributed by atoms with Crippen molar-refractivity contribution in [1.82, 2.24) is 15.0 Å². The molecule has 0 amide bonds. The van der Waals surface area contributed by atoms with Gasteiger partial charge < -0.3 is 14.7 Å². The van der Waals surface area contributed by atoms with E-state index in [1.807, 2.05) is 0 Å². The molecular weight excluding hydrogens is 354 g/mol. The van der Waals surface area contributed by atoms with E-state index in [-0.39, 0.29) is 12.2 Å². The van der Waals surface area contributed by atoms with Crippen molar-refractivity contribution in [2.75, 3.05) is 6.61 Å². The number of nitrogens with zero attached hydrogens (tertiary/aromatic N) is 1. The lowest BCUT2D eigenvalue weighted by Crippen LogP contribution is -2.21. The molecule has 2 N–H and O–H groups in total. The lowest BCUT2D eigenvalue weighted by Gasteiger charge is -2.10. The fourth-order valence-electron chi connectivity index (χ4n) is 2.58. The molecule has 0 spiro atoms. The highest BCUT2D eigenvalue weighted by atomic mass is 35.5. The van der Waals surface area contributed by atoms with E-state index in [2.05, 4.69) is 15.0 Å². The van der Waals surface area contributed by atoms with Crippen LogP contribution in [0, 0.1) is 0 Å². The maximum Gasteiger partial charge on any atom is 0.344 e. The van der Waals surface area contributed by atoms with Crippen LogP contribution in [0.4, 0.5) is 0 Å². The Labute approximate surface area is 154 Å². The Morgan fingerprint density at radius 1 is 1.23 bits per heavy atom. The molecule has 3 heterocycles. The van der Waals surface area contributed by atoms with Gasteiger partial charge in [-0.05, 0) is 37.3 Å². The van der Waals surface area contributed by atoms with Gasteiger partial charge in [-0.3, -0.25) is 9.78 Å². The summed E-state index contributed by atoms with van der Waals surface area (Å²) in [6.07, 6.45) is 4.87. The Kier molecular flexibility index (Phi) is 5.34. The number of hydrogen-bond donors (Lipinski definition) is 2. The number of nitrogens with one attached hydrogen (secondary N) is 2. The average Bonchev–Trinajstić information content (AvgIpc) is 2.72. The molecule has 6 nitrogen and oxygen atoms in total. The number of esters is 1. The number of aromatic amines is 2. The third-order valence-corrected chi connectivity index (χ3v) is 3.91. The summed E-state index contributed by atoms with van der Waals surface area (Å²) < 4.78 is 5.09. The van der Waals surface area contributed by atoms with Crippen LogP contribution in [0.25, 0.3) is 22.2 Å². The summed E-state index contributed by atoms with van der Waals surface area (Å²) >= 11 is 6.07. The summed E-state index contributed by atoms with van der Waals surface area (Å²) in [7, 11) is 0. The lowest BCUT2D eigenvalue weighted by atomic mass is 10.0. The Morgan fingerprint density at radius 3 is 2.81 bits per heavy atom. The highest BCUT2D eigenvalue weighted by molar-refractivity contribution is 6.30. The predicted molar refractivity (Wildman–Crippen MR) is 101 cm³/mol. The number of aromatic nitrogens is 3. The van der Waals surface area contributed by atoms with E-state index in [1.165, 1.54) is 0 Å². The number of H-pyrrole nitrogens is 2. The van der Waals surface area contributed by atoms with E-state index >= 15 is 0 Å². The summed E-state index contributed by atoms with van der Waals surface area (Å²) in [5, 5.41) is 0.495. The molecule has 0 unspecified atom stereocenters. The van der Waals surface area contributed by atoms with Crippen LogP contribution in [0.15, 0.2) is 59.8 Å². The third-order valence-electron chi connectivity index (χ3n) is 3.66. The van der Waals surface area contributed by atoms with Crippen LogP contribution < -0.4 is 5.56 Å². The molecule has 26 heavy (non-hydrogen) atoms. The molecule has 3 aromatic rings. The Hall–Kier alpha value is -3.12. The van der Waals surface area contributed by atoms with Crippen molar-refractivity contribution in [3.05, 3.63) is 75.9 Å². The average molecular weight is 370 g/mol. The molecular formula is C19H16ClN3O3. The number of ether oxygens (including phenoxy) is 1. The first-order valence-electron chi connectivity index (χ1n) is 7.96. The molecule has 0 bridgehead atoms. The van der Waals surface area contributed by atoms with Crippen LogP contribution in [0.1, 0.15) is 17.3 Å².